The van der Waals surface area contributed by atoms with Crippen molar-refractivity contribution in [1.29, 1.82) is 0 Å². The molecule has 0 fully saturated rings. The standard InChI is InChI=1S/C24H14Cl4O4S2/c25-19-13-11-17(21(23(19)33(27,29)30)15-7-3-1-4-8-15)18-12-14-20(26)24(34(28,31)32)22(18)16-9-5-2-6-10-16/h1-14H. The molecule has 0 saturated heterocycles. The van der Waals surface area contributed by atoms with Gasteiger partial charge < -0.3 is 0 Å². The Balaban J connectivity index is 2.24. The molecule has 0 aromatic heterocycles. The minimum Gasteiger partial charge on any atom is -0.207 e. The highest BCUT2D eigenvalue weighted by molar-refractivity contribution is 8.14. The van der Waals surface area contributed by atoms with Crippen LogP contribution in [-0.2, 0) is 18.1 Å². The van der Waals surface area contributed by atoms with E-state index in [1.165, 1.54) is 12.1 Å². The largest absolute Gasteiger partial charge is 0.263 e. The summed E-state index contributed by atoms with van der Waals surface area (Å²) in [6, 6.07) is 23.3. The highest BCUT2D eigenvalue weighted by atomic mass is 35.7. The molecule has 0 heterocycles. The van der Waals surface area contributed by atoms with Gasteiger partial charge in [0.2, 0.25) is 0 Å². The van der Waals surface area contributed by atoms with Gasteiger partial charge in [-0.05, 0) is 34.4 Å². The molecule has 0 N–H and O–H groups in total. The molecule has 0 atom stereocenters. The first-order valence-electron chi connectivity index (χ1n) is 9.65. The molecule has 0 radical (unpaired) electrons. The molecule has 4 rings (SSSR count). The van der Waals surface area contributed by atoms with Crippen LogP contribution in [0, 0.1) is 0 Å². The Bertz CT molecular complexity index is 1480. The molecule has 4 aromatic carbocycles. The topological polar surface area (TPSA) is 68.3 Å². The Kier molecular flexibility index (Phi) is 7.02. The Labute approximate surface area is 216 Å². The normalized spacial score (nSPS) is 12.0. The second-order valence-corrected chi connectivity index (χ2v) is 13.0. The van der Waals surface area contributed by atoms with Crippen LogP contribution in [0.1, 0.15) is 0 Å². The van der Waals surface area contributed by atoms with Crippen molar-refractivity contribution in [3.63, 3.8) is 0 Å². The van der Waals surface area contributed by atoms with Gasteiger partial charge in [0, 0.05) is 32.5 Å². The van der Waals surface area contributed by atoms with Gasteiger partial charge in [0.15, 0.2) is 0 Å². The average molecular weight is 572 g/mol. The van der Waals surface area contributed by atoms with Crippen molar-refractivity contribution in [3.05, 3.63) is 95.0 Å². The molecule has 4 nitrogen and oxygen atoms in total. The second-order valence-electron chi connectivity index (χ2n) is 7.21. The van der Waals surface area contributed by atoms with Crippen LogP contribution in [0.2, 0.25) is 10.0 Å². The Morgan fingerprint density at radius 2 is 0.794 bits per heavy atom. The lowest BCUT2D eigenvalue weighted by Gasteiger charge is -2.20. The van der Waals surface area contributed by atoms with Gasteiger partial charge in [0.05, 0.1) is 10.0 Å². The molecule has 174 valence electrons. The van der Waals surface area contributed by atoms with Crippen LogP contribution in [0.25, 0.3) is 33.4 Å². The third kappa shape index (κ3) is 4.85. The number of rotatable bonds is 5. The molecular weight excluding hydrogens is 558 g/mol. The van der Waals surface area contributed by atoms with E-state index in [9.17, 15) is 16.8 Å². The average Bonchev–Trinajstić information content (AvgIpc) is 2.78. The summed E-state index contributed by atoms with van der Waals surface area (Å²) in [4.78, 5) is -0.576. The molecule has 0 unspecified atom stereocenters. The predicted molar refractivity (Wildman–Crippen MR) is 139 cm³/mol. The van der Waals surface area contributed by atoms with E-state index in [4.69, 9.17) is 44.6 Å². The lowest BCUT2D eigenvalue weighted by molar-refractivity contribution is 0.608. The van der Waals surface area contributed by atoms with Crippen LogP contribution in [-0.4, -0.2) is 16.8 Å². The first kappa shape index (κ1) is 25.0. The monoisotopic (exact) mass is 570 g/mol. The van der Waals surface area contributed by atoms with Crippen molar-refractivity contribution in [2.24, 2.45) is 0 Å². The van der Waals surface area contributed by atoms with Crippen molar-refractivity contribution in [1.82, 2.24) is 0 Å². The summed E-state index contributed by atoms with van der Waals surface area (Å²) < 4.78 is 50.4. The molecule has 0 spiro atoms. The summed E-state index contributed by atoms with van der Waals surface area (Å²) in [5.74, 6) is 0. The van der Waals surface area contributed by atoms with Gasteiger partial charge in [-0.15, -0.1) is 0 Å². The lowest BCUT2D eigenvalue weighted by Crippen LogP contribution is -2.02. The number of hydrogen-bond acceptors (Lipinski definition) is 4. The van der Waals surface area contributed by atoms with E-state index in [-0.39, 0.29) is 31.0 Å². The van der Waals surface area contributed by atoms with Gasteiger partial charge in [0.1, 0.15) is 9.79 Å². The zero-order valence-corrected chi connectivity index (χ0v) is 21.7. The lowest BCUT2D eigenvalue weighted by atomic mass is 9.89. The molecule has 0 bridgehead atoms. The van der Waals surface area contributed by atoms with Crippen LogP contribution in [0.4, 0.5) is 0 Å². The highest BCUT2D eigenvalue weighted by Gasteiger charge is 2.29. The van der Waals surface area contributed by atoms with Crippen molar-refractivity contribution in [3.8, 4) is 33.4 Å². The van der Waals surface area contributed by atoms with E-state index in [1.807, 2.05) is 0 Å². The molecule has 0 amide bonds. The summed E-state index contributed by atoms with van der Waals surface area (Å²) in [5.41, 5.74) is 2.24. The van der Waals surface area contributed by atoms with E-state index in [0.29, 0.717) is 22.3 Å². The molecule has 34 heavy (non-hydrogen) atoms. The molecule has 10 heteroatoms. The number of hydrogen-bond donors (Lipinski definition) is 0. The fourth-order valence-corrected chi connectivity index (χ4v) is 7.49. The smallest absolute Gasteiger partial charge is 0.207 e. The second kappa shape index (κ2) is 9.53. The van der Waals surface area contributed by atoms with Crippen LogP contribution in [0.15, 0.2) is 94.7 Å². The zero-order chi connectivity index (χ0) is 24.7. The first-order chi connectivity index (χ1) is 16.0. The van der Waals surface area contributed by atoms with Crippen molar-refractivity contribution in [2.45, 2.75) is 9.79 Å². The minimum atomic E-state index is -4.30. The number of halogens is 4. The van der Waals surface area contributed by atoms with E-state index < -0.39 is 18.1 Å². The third-order valence-electron chi connectivity index (χ3n) is 5.12. The van der Waals surface area contributed by atoms with Crippen molar-refractivity contribution < 1.29 is 16.8 Å². The molecule has 4 aromatic rings. The molecule has 0 saturated carbocycles. The minimum absolute atomic E-state index is 0.0713. The van der Waals surface area contributed by atoms with Gasteiger partial charge in [-0.25, -0.2) is 16.8 Å². The summed E-state index contributed by atoms with van der Waals surface area (Å²) >= 11 is 12.6. The SMILES string of the molecule is O=S(=O)(Cl)c1c(Cl)ccc(-c2ccc(Cl)c(S(=O)(=O)Cl)c2-c2ccccc2)c1-c1ccccc1. The molecular formula is C24H14Cl4O4S2. The summed E-state index contributed by atoms with van der Waals surface area (Å²) in [6.07, 6.45) is 0. The van der Waals surface area contributed by atoms with Crippen molar-refractivity contribution in [2.75, 3.05) is 0 Å². The maximum Gasteiger partial charge on any atom is 0.263 e. The van der Waals surface area contributed by atoms with Gasteiger partial charge in [-0.1, -0.05) is 96.0 Å². The molecule has 0 aliphatic heterocycles. The fraction of sp³-hybridized carbons (Fsp3) is 0. The first-order valence-corrected chi connectivity index (χ1v) is 15.0. The maximum atomic E-state index is 12.6. The Hall–Kier alpha value is -2.06. The van der Waals surface area contributed by atoms with E-state index in [1.54, 1.807) is 72.8 Å². The summed E-state index contributed by atoms with van der Waals surface area (Å²) in [7, 11) is 3.03. The number of benzene rings is 4. The zero-order valence-electron chi connectivity index (χ0n) is 17.0. The van der Waals surface area contributed by atoms with Gasteiger partial charge in [0.25, 0.3) is 18.1 Å². The van der Waals surface area contributed by atoms with Crippen LogP contribution in [0.3, 0.4) is 0 Å². The van der Waals surface area contributed by atoms with E-state index >= 15 is 0 Å². The van der Waals surface area contributed by atoms with Crippen molar-refractivity contribution >= 4 is 62.7 Å². The van der Waals surface area contributed by atoms with Gasteiger partial charge in [-0.3, -0.25) is 0 Å². The Morgan fingerprint density at radius 1 is 0.471 bits per heavy atom. The maximum absolute atomic E-state index is 12.6. The predicted octanol–water partition coefficient (Wildman–Crippen LogP) is 7.85. The third-order valence-corrected chi connectivity index (χ3v) is 8.73. The van der Waals surface area contributed by atoms with Crippen LogP contribution in [0.5, 0.6) is 0 Å². The van der Waals surface area contributed by atoms with E-state index in [2.05, 4.69) is 0 Å². The fourth-order valence-electron chi connectivity index (χ4n) is 3.82. The van der Waals surface area contributed by atoms with Crippen LogP contribution >= 0.6 is 44.6 Å². The quantitative estimate of drug-likeness (QED) is 0.229. The molecule has 0 aliphatic rings. The van der Waals surface area contributed by atoms with E-state index in [0.717, 1.165) is 0 Å². The van der Waals surface area contributed by atoms with Crippen LogP contribution < -0.4 is 0 Å². The van der Waals surface area contributed by atoms with Gasteiger partial charge in [-0.2, -0.15) is 0 Å². The highest BCUT2D eigenvalue weighted by Crippen LogP contribution is 2.48. The summed E-state index contributed by atoms with van der Waals surface area (Å²) in [6.45, 7) is 0. The molecule has 0 aliphatic carbocycles. The Morgan fingerprint density at radius 3 is 1.09 bits per heavy atom. The van der Waals surface area contributed by atoms with Gasteiger partial charge >= 0.3 is 0 Å². The summed E-state index contributed by atoms with van der Waals surface area (Å²) in [5, 5.41) is -0.143.